The molecule has 1 amide bonds. The largest absolute Gasteiger partial charge is 0.322 e. The molecule has 1 N–H and O–H groups in total. The average Bonchev–Trinajstić information content (AvgIpc) is 2.79. The Morgan fingerprint density at radius 2 is 1.57 bits per heavy atom. The summed E-state index contributed by atoms with van der Waals surface area (Å²) in [6, 6.07) is 18.4. The van der Waals surface area contributed by atoms with Gasteiger partial charge in [-0.1, -0.05) is 55.6 Å². The molecule has 0 saturated heterocycles. The van der Waals surface area contributed by atoms with Gasteiger partial charge in [-0.2, -0.15) is 0 Å². The van der Waals surface area contributed by atoms with Crippen molar-refractivity contribution in [2.75, 3.05) is 5.32 Å². The van der Waals surface area contributed by atoms with E-state index < -0.39 is 0 Å². The summed E-state index contributed by atoms with van der Waals surface area (Å²) in [5.74, 6) is -0.153. The lowest BCUT2D eigenvalue weighted by Gasteiger charge is -2.09. The molecule has 0 spiro atoms. The molecule has 0 fully saturated rings. The third kappa shape index (κ3) is 8.80. The number of amides is 1. The van der Waals surface area contributed by atoms with Crippen LogP contribution in [0.15, 0.2) is 66.9 Å². The van der Waals surface area contributed by atoms with Crippen LogP contribution in [0, 0.1) is 6.92 Å². The number of carbonyl (C=O) groups is 3. The van der Waals surface area contributed by atoms with Crippen molar-refractivity contribution in [2.45, 2.75) is 27.2 Å². The predicted octanol–water partition coefficient (Wildman–Crippen LogP) is 6.01. The second-order valence-corrected chi connectivity index (χ2v) is 6.34. The number of nitrogens with zero attached hydrogens (tertiary/aromatic N) is 1. The summed E-state index contributed by atoms with van der Waals surface area (Å²) < 4.78 is 0. The molecule has 5 nitrogen and oxygen atoms in total. The summed E-state index contributed by atoms with van der Waals surface area (Å²) in [5.41, 5.74) is 3.97. The Bertz CT molecular complexity index is 883. The standard InChI is InChI=1S/C19H15ClN2O.C3H8.2CH2O/c1-13-5-7-14(8-6-13)19(23)22-15-9-10-17(20)16(12-15)18-4-2-3-11-21-18;1-3-2;2*1-2/h2-12H,1H3,(H,22,23);3H2,1-2H3;2*1H2. The zero-order chi connectivity index (χ0) is 22.9. The van der Waals surface area contributed by atoms with Crippen molar-refractivity contribution in [3.05, 3.63) is 83.0 Å². The molecule has 1 heterocycles. The van der Waals surface area contributed by atoms with Crippen molar-refractivity contribution in [3.63, 3.8) is 0 Å². The Hall–Kier alpha value is -3.31. The van der Waals surface area contributed by atoms with E-state index in [1.54, 1.807) is 30.5 Å². The molecule has 0 unspecified atom stereocenters. The molecule has 0 atom stereocenters. The highest BCUT2D eigenvalue weighted by molar-refractivity contribution is 6.33. The van der Waals surface area contributed by atoms with E-state index in [0.717, 1.165) is 16.8 Å². The lowest BCUT2D eigenvalue weighted by molar-refractivity contribution is -0.0987. The van der Waals surface area contributed by atoms with E-state index in [1.165, 1.54) is 6.42 Å². The maximum atomic E-state index is 12.3. The molecule has 0 saturated carbocycles. The zero-order valence-corrected chi connectivity index (χ0v) is 18.3. The van der Waals surface area contributed by atoms with Crippen LogP contribution >= 0.6 is 11.6 Å². The van der Waals surface area contributed by atoms with E-state index in [9.17, 15) is 4.79 Å². The van der Waals surface area contributed by atoms with E-state index in [2.05, 4.69) is 24.1 Å². The molecule has 158 valence electrons. The Morgan fingerprint density at radius 1 is 0.967 bits per heavy atom. The van der Waals surface area contributed by atoms with Gasteiger partial charge in [-0.3, -0.25) is 9.78 Å². The highest BCUT2D eigenvalue weighted by Gasteiger charge is 2.09. The van der Waals surface area contributed by atoms with Gasteiger partial charge < -0.3 is 14.9 Å². The number of hydrogen-bond donors (Lipinski definition) is 1. The number of rotatable bonds is 3. The maximum absolute atomic E-state index is 12.3. The van der Waals surface area contributed by atoms with Crippen LogP contribution in [0.4, 0.5) is 5.69 Å². The Morgan fingerprint density at radius 3 is 2.10 bits per heavy atom. The molecule has 0 bridgehead atoms. The first-order valence-corrected chi connectivity index (χ1v) is 9.59. The monoisotopic (exact) mass is 426 g/mol. The van der Waals surface area contributed by atoms with Crippen molar-refractivity contribution in [1.29, 1.82) is 0 Å². The van der Waals surface area contributed by atoms with Crippen LogP contribution in [0.25, 0.3) is 11.3 Å². The molecule has 30 heavy (non-hydrogen) atoms. The minimum atomic E-state index is -0.153. The van der Waals surface area contributed by atoms with Crippen molar-refractivity contribution in [2.24, 2.45) is 0 Å². The number of anilines is 1. The number of halogens is 1. The van der Waals surface area contributed by atoms with Gasteiger partial charge in [0.15, 0.2) is 0 Å². The minimum Gasteiger partial charge on any atom is -0.322 e. The quantitative estimate of drug-likeness (QED) is 0.556. The van der Waals surface area contributed by atoms with E-state index >= 15 is 0 Å². The van der Waals surface area contributed by atoms with Gasteiger partial charge in [-0.05, 0) is 49.4 Å². The summed E-state index contributed by atoms with van der Waals surface area (Å²) in [6.07, 6.45) is 2.96. The second-order valence-electron chi connectivity index (χ2n) is 5.94. The van der Waals surface area contributed by atoms with Crippen LogP contribution in [0.1, 0.15) is 36.2 Å². The molecule has 3 rings (SSSR count). The molecule has 0 aliphatic carbocycles. The first-order valence-electron chi connectivity index (χ1n) is 9.21. The SMILES string of the molecule is C=O.C=O.CCC.Cc1ccc(C(=O)Nc2ccc(Cl)c(-c3ccccn3)c2)cc1. The van der Waals surface area contributed by atoms with Gasteiger partial charge in [0, 0.05) is 23.0 Å². The smallest absolute Gasteiger partial charge is 0.255 e. The van der Waals surface area contributed by atoms with Crippen LogP contribution in [0.5, 0.6) is 0 Å². The Kier molecular flexibility index (Phi) is 13.9. The maximum Gasteiger partial charge on any atom is 0.255 e. The van der Waals surface area contributed by atoms with Gasteiger partial charge in [-0.15, -0.1) is 0 Å². The molecule has 0 radical (unpaired) electrons. The Balaban J connectivity index is 0.00000108. The van der Waals surface area contributed by atoms with Crippen molar-refractivity contribution >= 4 is 36.8 Å². The van der Waals surface area contributed by atoms with E-state index in [-0.39, 0.29) is 5.91 Å². The van der Waals surface area contributed by atoms with Gasteiger partial charge in [-0.25, -0.2) is 0 Å². The first-order chi connectivity index (χ1) is 14.5. The first kappa shape index (κ1) is 26.7. The molecule has 0 aliphatic rings. The van der Waals surface area contributed by atoms with Crippen molar-refractivity contribution in [1.82, 2.24) is 4.98 Å². The fraction of sp³-hybridized carbons (Fsp3) is 0.167. The number of benzene rings is 2. The van der Waals surface area contributed by atoms with Crippen LogP contribution < -0.4 is 5.32 Å². The number of hydrogen-bond acceptors (Lipinski definition) is 4. The third-order valence-electron chi connectivity index (χ3n) is 3.48. The third-order valence-corrected chi connectivity index (χ3v) is 3.81. The summed E-state index contributed by atoms with van der Waals surface area (Å²) in [4.78, 5) is 32.6. The zero-order valence-electron chi connectivity index (χ0n) is 17.5. The van der Waals surface area contributed by atoms with Crippen LogP contribution in [0.3, 0.4) is 0 Å². The van der Waals surface area contributed by atoms with Crippen LogP contribution in [0.2, 0.25) is 5.02 Å². The molecule has 3 aromatic rings. The van der Waals surface area contributed by atoms with Gasteiger partial charge in [0.05, 0.1) is 10.7 Å². The topological polar surface area (TPSA) is 76.1 Å². The average molecular weight is 427 g/mol. The number of pyridine rings is 1. The van der Waals surface area contributed by atoms with Gasteiger partial charge in [0.1, 0.15) is 13.6 Å². The molecule has 2 aromatic carbocycles. The van der Waals surface area contributed by atoms with Crippen LogP contribution in [-0.4, -0.2) is 24.5 Å². The minimum absolute atomic E-state index is 0.153. The number of aryl methyl sites for hydroxylation is 1. The fourth-order valence-corrected chi connectivity index (χ4v) is 2.44. The second kappa shape index (κ2) is 15.6. The molecule has 6 heteroatoms. The summed E-state index contributed by atoms with van der Waals surface area (Å²) >= 11 is 6.25. The number of nitrogens with one attached hydrogen (secondary N) is 1. The lowest BCUT2D eigenvalue weighted by atomic mass is 10.1. The molecule has 0 aliphatic heterocycles. The van der Waals surface area contributed by atoms with E-state index in [0.29, 0.717) is 16.3 Å². The van der Waals surface area contributed by atoms with E-state index in [4.69, 9.17) is 21.2 Å². The van der Waals surface area contributed by atoms with Crippen molar-refractivity contribution < 1.29 is 14.4 Å². The van der Waals surface area contributed by atoms with Gasteiger partial charge in [0.25, 0.3) is 5.91 Å². The lowest BCUT2D eigenvalue weighted by Crippen LogP contribution is -2.11. The number of carbonyl (C=O) groups excluding carboxylic acids is 3. The number of aromatic nitrogens is 1. The molecular formula is C24H27ClN2O3. The summed E-state index contributed by atoms with van der Waals surface area (Å²) in [7, 11) is 0. The Labute approximate surface area is 183 Å². The molecular weight excluding hydrogens is 400 g/mol. The highest BCUT2D eigenvalue weighted by Crippen LogP contribution is 2.29. The van der Waals surface area contributed by atoms with Crippen LogP contribution in [-0.2, 0) is 9.59 Å². The molecule has 1 aromatic heterocycles. The summed E-state index contributed by atoms with van der Waals surface area (Å²) in [6.45, 7) is 10.2. The van der Waals surface area contributed by atoms with Gasteiger partial charge in [0.2, 0.25) is 0 Å². The van der Waals surface area contributed by atoms with Crippen molar-refractivity contribution in [3.8, 4) is 11.3 Å². The highest BCUT2D eigenvalue weighted by atomic mass is 35.5. The normalized spacial score (nSPS) is 8.80. The fourth-order valence-electron chi connectivity index (χ4n) is 2.23. The predicted molar refractivity (Wildman–Crippen MR) is 124 cm³/mol. The van der Waals surface area contributed by atoms with Gasteiger partial charge >= 0.3 is 0 Å². The van der Waals surface area contributed by atoms with E-state index in [1.807, 2.05) is 56.9 Å². The summed E-state index contributed by atoms with van der Waals surface area (Å²) in [5, 5.41) is 3.48.